The lowest BCUT2D eigenvalue weighted by atomic mass is 10.4. The number of carbonyl (C=O) groups is 1. The molecule has 0 unspecified atom stereocenters. The van der Waals surface area contributed by atoms with Gasteiger partial charge in [-0.1, -0.05) is 18.7 Å². The van der Waals surface area contributed by atoms with Crippen molar-refractivity contribution in [1.29, 1.82) is 0 Å². The van der Waals surface area contributed by atoms with Crippen LogP contribution >= 0.6 is 0 Å². The van der Waals surface area contributed by atoms with Crippen LogP contribution in [0, 0.1) is 0 Å². The summed E-state index contributed by atoms with van der Waals surface area (Å²) in [6.07, 6.45) is 6.12. The molecule has 0 aliphatic rings. The molecule has 0 radical (unpaired) electrons. The van der Waals surface area contributed by atoms with Gasteiger partial charge in [0.1, 0.15) is 0 Å². The van der Waals surface area contributed by atoms with Crippen LogP contribution in [-0.2, 0) is 4.79 Å². The Bertz CT molecular complexity index is 138. The molecule has 1 amide bonds. The average molecular weight is 139 g/mol. The Morgan fingerprint density at radius 3 is 2.90 bits per heavy atom. The number of hydrogen-bond donors (Lipinski definition) is 1. The molecule has 0 spiro atoms. The van der Waals surface area contributed by atoms with Gasteiger partial charge in [-0.05, 0) is 19.4 Å². The highest BCUT2D eigenvalue weighted by molar-refractivity contribution is 5.86. The summed E-state index contributed by atoms with van der Waals surface area (Å²) in [6, 6.07) is 0. The molecule has 0 saturated heterocycles. The molecule has 0 aliphatic heterocycles. The molecule has 0 aromatic heterocycles. The number of hydrogen-bond acceptors (Lipinski definition) is 1. The van der Waals surface area contributed by atoms with Crippen molar-refractivity contribution in [2.75, 3.05) is 6.54 Å². The van der Waals surface area contributed by atoms with Gasteiger partial charge in [0.15, 0.2) is 0 Å². The molecular weight excluding hydrogens is 126 g/mol. The van der Waals surface area contributed by atoms with Crippen molar-refractivity contribution in [1.82, 2.24) is 5.32 Å². The fourth-order valence-electron chi connectivity index (χ4n) is 0.518. The van der Waals surface area contributed by atoms with E-state index in [0.717, 1.165) is 6.42 Å². The SMILES string of the molecule is C=CC(=O)NCCC=CC. The van der Waals surface area contributed by atoms with E-state index in [9.17, 15) is 4.79 Å². The van der Waals surface area contributed by atoms with E-state index in [1.165, 1.54) is 6.08 Å². The van der Waals surface area contributed by atoms with Gasteiger partial charge >= 0.3 is 0 Å². The van der Waals surface area contributed by atoms with Crippen LogP contribution in [0.15, 0.2) is 24.8 Å². The number of rotatable bonds is 4. The van der Waals surface area contributed by atoms with Crippen LogP contribution in [-0.4, -0.2) is 12.5 Å². The monoisotopic (exact) mass is 139 g/mol. The molecule has 0 rings (SSSR count). The number of carbonyl (C=O) groups excluding carboxylic acids is 1. The van der Waals surface area contributed by atoms with Crippen LogP contribution in [0.1, 0.15) is 13.3 Å². The van der Waals surface area contributed by atoms with E-state index >= 15 is 0 Å². The van der Waals surface area contributed by atoms with Crippen LogP contribution in [0.25, 0.3) is 0 Å². The highest BCUT2D eigenvalue weighted by atomic mass is 16.1. The van der Waals surface area contributed by atoms with Gasteiger partial charge in [0, 0.05) is 6.54 Å². The van der Waals surface area contributed by atoms with Gasteiger partial charge in [-0.2, -0.15) is 0 Å². The van der Waals surface area contributed by atoms with Crippen LogP contribution in [0.5, 0.6) is 0 Å². The third-order valence-electron chi connectivity index (χ3n) is 1.03. The summed E-state index contributed by atoms with van der Waals surface area (Å²) in [7, 11) is 0. The average Bonchev–Trinajstić information content (AvgIpc) is 1.98. The summed E-state index contributed by atoms with van der Waals surface area (Å²) in [5.74, 6) is -0.107. The van der Waals surface area contributed by atoms with Crippen molar-refractivity contribution in [3.8, 4) is 0 Å². The lowest BCUT2D eigenvalue weighted by molar-refractivity contribution is -0.116. The molecule has 0 aromatic carbocycles. The Balaban J connectivity index is 3.19. The lowest BCUT2D eigenvalue weighted by Crippen LogP contribution is -2.21. The third-order valence-corrected chi connectivity index (χ3v) is 1.03. The zero-order valence-corrected chi connectivity index (χ0v) is 6.26. The molecule has 0 atom stereocenters. The fraction of sp³-hybridized carbons (Fsp3) is 0.375. The predicted octanol–water partition coefficient (Wildman–Crippen LogP) is 1.25. The molecule has 10 heavy (non-hydrogen) atoms. The second-order valence-electron chi connectivity index (χ2n) is 1.85. The Morgan fingerprint density at radius 1 is 1.70 bits per heavy atom. The summed E-state index contributed by atoms with van der Waals surface area (Å²) in [4.78, 5) is 10.5. The maximum absolute atomic E-state index is 10.5. The highest BCUT2D eigenvalue weighted by Gasteiger charge is 1.88. The number of allylic oxidation sites excluding steroid dienone is 1. The first-order valence-electron chi connectivity index (χ1n) is 3.32. The van der Waals surface area contributed by atoms with Crippen LogP contribution < -0.4 is 5.32 Å². The Morgan fingerprint density at radius 2 is 2.40 bits per heavy atom. The molecule has 0 heterocycles. The Hall–Kier alpha value is -1.05. The van der Waals surface area contributed by atoms with E-state index in [1.807, 2.05) is 19.1 Å². The molecule has 2 heteroatoms. The Labute approximate surface area is 61.6 Å². The van der Waals surface area contributed by atoms with Gasteiger partial charge in [-0.15, -0.1) is 0 Å². The van der Waals surface area contributed by atoms with Crippen LogP contribution in [0.3, 0.4) is 0 Å². The molecule has 0 fully saturated rings. The van der Waals surface area contributed by atoms with Gasteiger partial charge in [0.2, 0.25) is 5.91 Å². The fourth-order valence-corrected chi connectivity index (χ4v) is 0.518. The van der Waals surface area contributed by atoms with Gasteiger partial charge < -0.3 is 5.32 Å². The molecule has 56 valence electrons. The topological polar surface area (TPSA) is 29.1 Å². The summed E-state index contributed by atoms with van der Waals surface area (Å²) in [6.45, 7) is 5.97. The smallest absolute Gasteiger partial charge is 0.243 e. The molecular formula is C8H13NO. The normalized spacial score (nSPS) is 9.70. The van der Waals surface area contributed by atoms with E-state index < -0.39 is 0 Å². The van der Waals surface area contributed by atoms with Crippen LogP contribution in [0.2, 0.25) is 0 Å². The first kappa shape index (κ1) is 8.95. The van der Waals surface area contributed by atoms with Gasteiger partial charge in [-0.25, -0.2) is 0 Å². The molecule has 0 aromatic rings. The van der Waals surface area contributed by atoms with Crippen molar-refractivity contribution in [3.05, 3.63) is 24.8 Å². The minimum atomic E-state index is -0.107. The second-order valence-corrected chi connectivity index (χ2v) is 1.85. The van der Waals surface area contributed by atoms with Crippen molar-refractivity contribution in [2.24, 2.45) is 0 Å². The molecule has 0 bridgehead atoms. The van der Waals surface area contributed by atoms with E-state index in [-0.39, 0.29) is 5.91 Å². The summed E-state index contributed by atoms with van der Waals surface area (Å²) in [5.41, 5.74) is 0. The summed E-state index contributed by atoms with van der Waals surface area (Å²) < 4.78 is 0. The zero-order chi connectivity index (χ0) is 7.82. The van der Waals surface area contributed by atoms with Crippen LogP contribution in [0.4, 0.5) is 0 Å². The molecule has 2 nitrogen and oxygen atoms in total. The van der Waals surface area contributed by atoms with Crippen molar-refractivity contribution < 1.29 is 4.79 Å². The van der Waals surface area contributed by atoms with Crippen molar-refractivity contribution in [2.45, 2.75) is 13.3 Å². The standard InChI is InChI=1S/C8H13NO/c1-3-5-6-7-9-8(10)4-2/h3-5H,2,6-7H2,1H3,(H,9,10). The molecule has 0 aliphatic carbocycles. The summed E-state index contributed by atoms with van der Waals surface area (Å²) in [5, 5.41) is 2.66. The zero-order valence-electron chi connectivity index (χ0n) is 6.26. The molecule has 1 N–H and O–H groups in total. The highest BCUT2D eigenvalue weighted by Crippen LogP contribution is 1.79. The first-order chi connectivity index (χ1) is 4.81. The van der Waals surface area contributed by atoms with Crippen molar-refractivity contribution >= 4 is 5.91 Å². The van der Waals surface area contributed by atoms with Gasteiger partial charge in [-0.3, -0.25) is 4.79 Å². The number of amides is 1. The van der Waals surface area contributed by atoms with E-state index in [0.29, 0.717) is 6.54 Å². The van der Waals surface area contributed by atoms with E-state index in [4.69, 9.17) is 0 Å². The lowest BCUT2D eigenvalue weighted by Gasteiger charge is -1.96. The third kappa shape index (κ3) is 5.09. The van der Waals surface area contributed by atoms with Crippen molar-refractivity contribution in [3.63, 3.8) is 0 Å². The quantitative estimate of drug-likeness (QED) is 0.354. The maximum atomic E-state index is 10.5. The minimum absolute atomic E-state index is 0.107. The number of nitrogens with one attached hydrogen (secondary N) is 1. The Kier molecular flexibility index (Phi) is 5.44. The summed E-state index contributed by atoms with van der Waals surface area (Å²) >= 11 is 0. The van der Waals surface area contributed by atoms with E-state index in [1.54, 1.807) is 0 Å². The van der Waals surface area contributed by atoms with Gasteiger partial charge in [0.05, 0.1) is 0 Å². The largest absolute Gasteiger partial charge is 0.352 e. The maximum Gasteiger partial charge on any atom is 0.243 e. The predicted molar refractivity (Wildman–Crippen MR) is 42.6 cm³/mol. The molecule has 0 saturated carbocycles. The van der Waals surface area contributed by atoms with E-state index in [2.05, 4.69) is 11.9 Å². The minimum Gasteiger partial charge on any atom is -0.352 e. The second kappa shape index (κ2) is 6.08. The first-order valence-corrected chi connectivity index (χ1v) is 3.32. The van der Waals surface area contributed by atoms with Gasteiger partial charge in [0.25, 0.3) is 0 Å².